The van der Waals surface area contributed by atoms with Crippen LogP contribution in [-0.2, 0) is 0 Å². The average molecular weight is 355 g/mol. The Balaban J connectivity index is 2.25. The van der Waals surface area contributed by atoms with Crippen LogP contribution < -0.4 is 10.6 Å². The van der Waals surface area contributed by atoms with Crippen molar-refractivity contribution in [2.75, 3.05) is 5.32 Å². The fourth-order valence-corrected chi connectivity index (χ4v) is 3.41. The Morgan fingerprint density at radius 1 is 1.50 bits per heavy atom. The third kappa shape index (κ3) is 4.48. The summed E-state index contributed by atoms with van der Waals surface area (Å²) in [7, 11) is 0. The second kappa shape index (κ2) is 8.15. The van der Waals surface area contributed by atoms with Gasteiger partial charge in [-0.25, -0.2) is 14.2 Å². The maximum absolute atomic E-state index is 14.2. The smallest absolute Gasteiger partial charge is 0.404 e. The molecule has 1 fully saturated rings. The largest absolute Gasteiger partial charge is 0.465 e. The molecule has 0 aromatic carbocycles. The van der Waals surface area contributed by atoms with Gasteiger partial charge in [-0.15, -0.1) is 0 Å². The first-order chi connectivity index (χ1) is 11.4. The number of carboxylic acid groups (broad SMARTS) is 1. The molecule has 1 aliphatic carbocycles. The van der Waals surface area contributed by atoms with Gasteiger partial charge in [-0.3, -0.25) is 0 Å². The van der Waals surface area contributed by atoms with Crippen molar-refractivity contribution < 1.29 is 14.3 Å². The normalized spacial score (nSPS) is 17.6. The van der Waals surface area contributed by atoms with E-state index in [0.717, 1.165) is 38.2 Å². The van der Waals surface area contributed by atoms with E-state index >= 15 is 0 Å². The summed E-state index contributed by atoms with van der Waals surface area (Å²) < 4.78 is 14.2. The molecule has 24 heavy (non-hydrogen) atoms. The lowest BCUT2D eigenvalue weighted by Gasteiger charge is -2.35. The minimum absolute atomic E-state index is 0.0364. The van der Waals surface area contributed by atoms with Crippen molar-refractivity contribution >= 4 is 23.5 Å². The number of amides is 1. The predicted octanol–water partition coefficient (Wildman–Crippen LogP) is 3.76. The van der Waals surface area contributed by atoms with E-state index < -0.39 is 18.0 Å². The molecule has 1 saturated carbocycles. The van der Waals surface area contributed by atoms with Crippen LogP contribution in [0.15, 0.2) is 6.07 Å². The van der Waals surface area contributed by atoms with Crippen molar-refractivity contribution in [2.45, 2.75) is 51.1 Å². The van der Waals surface area contributed by atoms with E-state index in [4.69, 9.17) is 22.0 Å². The maximum atomic E-state index is 14.2. The van der Waals surface area contributed by atoms with Gasteiger partial charge in [-0.1, -0.05) is 30.9 Å². The number of hydrogen-bond donors (Lipinski definition) is 3. The van der Waals surface area contributed by atoms with Crippen molar-refractivity contribution in [3.8, 4) is 6.07 Å². The number of hydrogen-bond acceptors (Lipinski definition) is 4. The van der Waals surface area contributed by atoms with Gasteiger partial charge in [-0.05, 0) is 31.7 Å². The third-order valence-corrected chi connectivity index (χ3v) is 4.69. The Kier molecular flexibility index (Phi) is 6.21. The molecule has 0 unspecified atom stereocenters. The molecule has 1 aromatic rings. The number of nitrogens with zero attached hydrogens (tertiary/aromatic N) is 2. The van der Waals surface area contributed by atoms with Crippen molar-refractivity contribution in [2.24, 2.45) is 5.92 Å². The molecule has 0 bridgehead atoms. The van der Waals surface area contributed by atoms with Crippen LogP contribution in [0, 0.1) is 23.1 Å². The molecule has 3 N–H and O–H groups in total. The van der Waals surface area contributed by atoms with E-state index in [0.29, 0.717) is 0 Å². The monoisotopic (exact) mass is 354 g/mol. The standard InChI is InChI=1S/C16H20ClFN4O2/c1-9(20-16(23)24)13(10-5-3-2-4-6-10)21-15-12(18)7-11(8-19)14(17)22-15/h7,9-10,13,20H,2-6H2,1H3,(H,21,22)(H,23,24)/t9-,13-/m0/s1. The Hall–Kier alpha value is -2.07. The highest BCUT2D eigenvalue weighted by Crippen LogP contribution is 2.30. The molecule has 1 amide bonds. The molecule has 6 nitrogen and oxygen atoms in total. The number of nitrogens with one attached hydrogen (secondary N) is 2. The van der Waals surface area contributed by atoms with E-state index in [1.165, 1.54) is 0 Å². The lowest BCUT2D eigenvalue weighted by Crippen LogP contribution is -2.49. The van der Waals surface area contributed by atoms with Crippen molar-refractivity contribution in [3.63, 3.8) is 0 Å². The first-order valence-corrected chi connectivity index (χ1v) is 8.32. The van der Waals surface area contributed by atoms with Crippen LogP contribution in [0.3, 0.4) is 0 Å². The maximum Gasteiger partial charge on any atom is 0.404 e. The van der Waals surface area contributed by atoms with E-state index in [2.05, 4.69) is 15.6 Å². The molecule has 1 aromatic heterocycles. The molecule has 2 atom stereocenters. The summed E-state index contributed by atoms with van der Waals surface area (Å²) in [5.41, 5.74) is -0.0364. The van der Waals surface area contributed by atoms with Crippen molar-refractivity contribution in [3.05, 3.63) is 22.6 Å². The third-order valence-electron chi connectivity index (χ3n) is 4.40. The minimum Gasteiger partial charge on any atom is -0.465 e. The topological polar surface area (TPSA) is 98.0 Å². The van der Waals surface area contributed by atoms with Crippen LogP contribution in [0.4, 0.5) is 15.0 Å². The molecule has 1 aliphatic rings. The van der Waals surface area contributed by atoms with Gasteiger partial charge in [-0.2, -0.15) is 5.26 Å². The Bertz CT molecular complexity index is 644. The molecule has 0 spiro atoms. The molecule has 1 heterocycles. The fraction of sp³-hybridized carbons (Fsp3) is 0.562. The highest BCUT2D eigenvalue weighted by molar-refractivity contribution is 6.30. The van der Waals surface area contributed by atoms with Gasteiger partial charge in [0.05, 0.1) is 11.6 Å². The highest BCUT2D eigenvalue weighted by Gasteiger charge is 2.30. The minimum atomic E-state index is -1.13. The second-order valence-corrected chi connectivity index (χ2v) is 6.43. The number of anilines is 1. The SMILES string of the molecule is C[C@H](NC(=O)O)[C@H](Nc1nc(Cl)c(C#N)cc1F)C1CCCCC1. The molecule has 2 rings (SSSR count). The van der Waals surface area contributed by atoms with Crippen LogP contribution >= 0.6 is 11.6 Å². The van der Waals surface area contributed by atoms with Gasteiger partial charge in [0.1, 0.15) is 11.2 Å². The number of carbonyl (C=O) groups is 1. The first-order valence-electron chi connectivity index (χ1n) is 7.94. The van der Waals surface area contributed by atoms with Gasteiger partial charge < -0.3 is 15.7 Å². The van der Waals surface area contributed by atoms with Gasteiger partial charge >= 0.3 is 6.09 Å². The van der Waals surface area contributed by atoms with Crippen LogP contribution in [0.1, 0.15) is 44.6 Å². The van der Waals surface area contributed by atoms with Gasteiger partial charge in [0.15, 0.2) is 11.6 Å². The van der Waals surface area contributed by atoms with Crippen molar-refractivity contribution in [1.29, 1.82) is 5.26 Å². The second-order valence-electron chi connectivity index (χ2n) is 6.08. The molecule has 8 heteroatoms. The summed E-state index contributed by atoms with van der Waals surface area (Å²) in [6.45, 7) is 1.74. The lowest BCUT2D eigenvalue weighted by molar-refractivity contribution is 0.184. The van der Waals surface area contributed by atoms with Crippen LogP contribution in [0.2, 0.25) is 5.15 Å². The predicted molar refractivity (Wildman–Crippen MR) is 88.5 cm³/mol. The molecule has 0 aliphatic heterocycles. The summed E-state index contributed by atoms with van der Waals surface area (Å²) >= 11 is 5.88. The molecular weight excluding hydrogens is 335 g/mol. The zero-order valence-electron chi connectivity index (χ0n) is 13.4. The van der Waals surface area contributed by atoms with E-state index in [9.17, 15) is 9.18 Å². The van der Waals surface area contributed by atoms with Crippen LogP contribution in [-0.4, -0.2) is 28.3 Å². The summed E-state index contributed by atoms with van der Waals surface area (Å²) in [4.78, 5) is 14.9. The molecular formula is C16H20ClFN4O2. The lowest BCUT2D eigenvalue weighted by atomic mass is 9.81. The van der Waals surface area contributed by atoms with Gasteiger partial charge in [0.2, 0.25) is 0 Å². The zero-order valence-corrected chi connectivity index (χ0v) is 14.1. The fourth-order valence-electron chi connectivity index (χ4n) is 3.23. The van der Waals surface area contributed by atoms with E-state index in [-0.39, 0.29) is 28.5 Å². The number of pyridine rings is 1. The average Bonchev–Trinajstić information content (AvgIpc) is 2.55. The molecule has 130 valence electrons. The number of rotatable bonds is 5. The van der Waals surface area contributed by atoms with Gasteiger partial charge in [0.25, 0.3) is 0 Å². The first kappa shape index (κ1) is 18.3. The van der Waals surface area contributed by atoms with Gasteiger partial charge in [0, 0.05) is 6.04 Å². The number of halogens is 2. The number of nitriles is 1. The molecule has 0 saturated heterocycles. The summed E-state index contributed by atoms with van der Waals surface area (Å²) in [5, 5.41) is 23.2. The highest BCUT2D eigenvalue weighted by atomic mass is 35.5. The summed E-state index contributed by atoms with van der Waals surface area (Å²) in [5.74, 6) is -0.538. The van der Waals surface area contributed by atoms with Crippen LogP contribution in [0.25, 0.3) is 0 Å². The summed E-state index contributed by atoms with van der Waals surface area (Å²) in [6.07, 6.45) is 4.03. The van der Waals surface area contributed by atoms with E-state index in [1.54, 1.807) is 13.0 Å². The van der Waals surface area contributed by atoms with Crippen LogP contribution in [0.5, 0.6) is 0 Å². The van der Waals surface area contributed by atoms with Crippen molar-refractivity contribution in [1.82, 2.24) is 10.3 Å². The Morgan fingerprint density at radius 3 is 2.75 bits per heavy atom. The summed E-state index contributed by atoms with van der Waals surface area (Å²) in [6, 6.07) is 2.07. The zero-order chi connectivity index (χ0) is 17.7. The molecule has 0 radical (unpaired) electrons. The quantitative estimate of drug-likeness (QED) is 0.699. The number of aromatic nitrogens is 1. The Labute approximate surface area is 145 Å². The van der Waals surface area contributed by atoms with E-state index in [1.807, 2.05) is 0 Å². The Morgan fingerprint density at radius 2 is 2.17 bits per heavy atom.